The molecule has 2 N–H and O–H groups in total. The molecule has 1 aliphatic heterocycles. The summed E-state index contributed by atoms with van der Waals surface area (Å²) in [6, 6.07) is 10.1. The Kier molecular flexibility index (Phi) is 7.00. The molecule has 2 aromatic heterocycles. The normalized spacial score (nSPS) is 15.8. The van der Waals surface area contributed by atoms with Gasteiger partial charge in [-0.25, -0.2) is 0 Å². The lowest BCUT2D eigenvalue weighted by molar-refractivity contribution is -0.137. The molecule has 1 fully saturated rings. The molecule has 9 nitrogen and oxygen atoms in total. The maximum Gasteiger partial charge on any atom is 0.418 e. The summed E-state index contributed by atoms with van der Waals surface area (Å²) in [5, 5.41) is 24.4. The monoisotopic (exact) mass is 544 g/mol. The molecule has 0 radical (unpaired) electrons. The van der Waals surface area contributed by atoms with Crippen LogP contribution in [0.25, 0.3) is 27.8 Å². The largest absolute Gasteiger partial charge is 0.497 e. The number of hydrogen-bond acceptors (Lipinski definition) is 7. The van der Waals surface area contributed by atoms with Crippen LogP contribution in [0.4, 0.5) is 18.9 Å². The first-order valence-corrected chi connectivity index (χ1v) is 12.3. The number of methoxy groups -OCH3 is 2. The first-order chi connectivity index (χ1) is 18.6. The second-order valence-corrected chi connectivity index (χ2v) is 9.25. The van der Waals surface area contributed by atoms with Gasteiger partial charge in [0.05, 0.1) is 38.2 Å². The molecule has 3 heterocycles. The zero-order chi connectivity index (χ0) is 27.9. The second kappa shape index (κ2) is 10.3. The highest BCUT2D eigenvalue weighted by atomic mass is 19.4. The van der Waals surface area contributed by atoms with E-state index >= 15 is 0 Å². The van der Waals surface area contributed by atoms with Crippen LogP contribution in [0, 0.1) is 0 Å². The molecule has 0 spiro atoms. The molecule has 1 saturated heterocycles. The molecule has 0 bridgehead atoms. The van der Waals surface area contributed by atoms with Crippen molar-refractivity contribution in [2.24, 2.45) is 0 Å². The molecular weight excluding hydrogens is 517 g/mol. The second-order valence-electron chi connectivity index (χ2n) is 9.25. The lowest BCUT2D eigenvalue weighted by Gasteiger charge is -2.22. The maximum atomic E-state index is 14.2. The number of aromatic nitrogens is 3. The number of fused-ring (bicyclic) bond motifs is 1. The molecule has 1 atom stereocenters. The number of anilines is 1. The molecule has 5 rings (SSSR count). The fraction of sp³-hybridized carbons (Fsp3) is 0.333. The summed E-state index contributed by atoms with van der Waals surface area (Å²) in [5.74, 6) is 0.856. The van der Waals surface area contributed by atoms with Crippen LogP contribution in [0.15, 0.2) is 53.5 Å². The third kappa shape index (κ3) is 4.92. The topological polar surface area (TPSA) is 102 Å². The van der Waals surface area contributed by atoms with Crippen LogP contribution in [0.3, 0.4) is 0 Å². The molecule has 12 heteroatoms. The summed E-state index contributed by atoms with van der Waals surface area (Å²) in [7, 11) is 2.94. The fourth-order valence-electron chi connectivity index (χ4n) is 4.92. The van der Waals surface area contributed by atoms with Gasteiger partial charge in [0.25, 0.3) is 5.56 Å². The van der Waals surface area contributed by atoms with Crippen molar-refractivity contribution in [3.63, 3.8) is 0 Å². The number of aliphatic hydroxyl groups excluding tert-OH is 2. The number of aliphatic hydroxyl groups is 2. The molecule has 0 saturated carbocycles. The van der Waals surface area contributed by atoms with Crippen LogP contribution in [-0.4, -0.2) is 64.6 Å². The van der Waals surface area contributed by atoms with E-state index in [1.807, 2.05) is 0 Å². The Labute approximate surface area is 221 Å². The summed E-state index contributed by atoms with van der Waals surface area (Å²) >= 11 is 0. The van der Waals surface area contributed by atoms with Crippen molar-refractivity contribution in [2.45, 2.75) is 25.2 Å². The fourth-order valence-corrected chi connectivity index (χ4v) is 4.92. The Hall–Kier alpha value is -4.03. The van der Waals surface area contributed by atoms with Crippen molar-refractivity contribution in [1.29, 1.82) is 0 Å². The van der Waals surface area contributed by atoms with Gasteiger partial charge in [0, 0.05) is 48.5 Å². The Bertz CT molecular complexity index is 1560. The van der Waals surface area contributed by atoms with Gasteiger partial charge in [-0.3, -0.25) is 4.79 Å². The van der Waals surface area contributed by atoms with E-state index in [0.29, 0.717) is 41.1 Å². The van der Waals surface area contributed by atoms with Gasteiger partial charge in [0.2, 0.25) is 0 Å². The number of halogens is 3. The molecule has 206 valence electrons. The van der Waals surface area contributed by atoms with Crippen molar-refractivity contribution in [1.82, 2.24) is 14.3 Å². The van der Waals surface area contributed by atoms with E-state index in [9.17, 15) is 28.2 Å². The van der Waals surface area contributed by atoms with E-state index in [1.54, 1.807) is 35.4 Å². The van der Waals surface area contributed by atoms with Gasteiger partial charge in [-0.1, -0.05) is 0 Å². The number of benzene rings is 2. The summed E-state index contributed by atoms with van der Waals surface area (Å²) in [6.45, 7) is 0.498. The van der Waals surface area contributed by atoms with Crippen LogP contribution < -0.4 is 19.9 Å². The SMILES string of the molecule is COc1cc(OC)cc(-c2nn(-c3cc(N4CCC(O)C4)ccc3C(F)(F)F)c(=O)c3c2ccn3CCO)c1. The Morgan fingerprint density at radius 2 is 1.79 bits per heavy atom. The molecule has 0 amide bonds. The zero-order valence-corrected chi connectivity index (χ0v) is 21.3. The number of hydrogen-bond donors (Lipinski definition) is 2. The minimum Gasteiger partial charge on any atom is -0.497 e. The van der Waals surface area contributed by atoms with Crippen molar-refractivity contribution < 1.29 is 32.9 Å². The standard InChI is InChI=1S/C27H27F3N4O5/c1-38-19-11-16(12-20(14-19)39-2)24-21-6-8-32(9-10-35)25(21)26(37)34(31-24)23-13-17(33-7-5-18(36)15-33)3-4-22(23)27(28,29)30/h3-4,6,8,11-14,18,35-36H,5,7,9-10,15H2,1-2H3. The highest BCUT2D eigenvalue weighted by Crippen LogP contribution is 2.37. The van der Waals surface area contributed by atoms with Crippen LogP contribution in [-0.2, 0) is 12.7 Å². The zero-order valence-electron chi connectivity index (χ0n) is 21.3. The number of ether oxygens (including phenoxy) is 2. The van der Waals surface area contributed by atoms with Gasteiger partial charge in [-0.05, 0) is 42.8 Å². The number of β-amino-alcohol motifs (C(OH)–C–C–N with tert-alkyl or cyclic N) is 1. The van der Waals surface area contributed by atoms with Crippen molar-refractivity contribution >= 4 is 16.6 Å². The molecule has 1 unspecified atom stereocenters. The molecule has 2 aromatic carbocycles. The van der Waals surface area contributed by atoms with Crippen LogP contribution >= 0.6 is 0 Å². The first-order valence-electron chi connectivity index (χ1n) is 12.3. The van der Waals surface area contributed by atoms with Gasteiger partial charge < -0.3 is 29.2 Å². The van der Waals surface area contributed by atoms with Gasteiger partial charge in [-0.15, -0.1) is 0 Å². The summed E-state index contributed by atoms with van der Waals surface area (Å²) in [5.41, 5.74) is -1.04. The van der Waals surface area contributed by atoms with E-state index in [-0.39, 0.29) is 30.9 Å². The lowest BCUT2D eigenvalue weighted by atomic mass is 10.1. The van der Waals surface area contributed by atoms with Gasteiger partial charge >= 0.3 is 6.18 Å². The van der Waals surface area contributed by atoms with Gasteiger partial charge in [-0.2, -0.15) is 23.0 Å². The Morgan fingerprint density at radius 1 is 1.08 bits per heavy atom. The minimum absolute atomic E-state index is 0.0570. The van der Waals surface area contributed by atoms with Gasteiger partial charge in [0.15, 0.2) is 0 Å². The maximum absolute atomic E-state index is 14.2. The van der Waals surface area contributed by atoms with Crippen LogP contribution in [0.2, 0.25) is 0 Å². The minimum atomic E-state index is -4.78. The number of rotatable bonds is 7. The van der Waals surface area contributed by atoms with E-state index in [1.165, 1.54) is 30.9 Å². The van der Waals surface area contributed by atoms with E-state index in [2.05, 4.69) is 5.10 Å². The van der Waals surface area contributed by atoms with Crippen LogP contribution in [0.5, 0.6) is 11.5 Å². The smallest absolute Gasteiger partial charge is 0.418 e. The third-order valence-electron chi connectivity index (χ3n) is 6.82. The quantitative estimate of drug-likeness (QED) is 0.368. The Morgan fingerprint density at radius 3 is 2.38 bits per heavy atom. The third-order valence-corrected chi connectivity index (χ3v) is 6.82. The molecule has 0 aliphatic carbocycles. The number of alkyl halides is 3. The average molecular weight is 545 g/mol. The number of nitrogens with zero attached hydrogens (tertiary/aromatic N) is 4. The van der Waals surface area contributed by atoms with Crippen LogP contribution in [0.1, 0.15) is 12.0 Å². The van der Waals surface area contributed by atoms with E-state index in [4.69, 9.17) is 9.47 Å². The average Bonchev–Trinajstić information content (AvgIpc) is 3.55. The Balaban J connectivity index is 1.83. The summed E-state index contributed by atoms with van der Waals surface area (Å²) in [4.78, 5) is 15.6. The van der Waals surface area contributed by atoms with Crippen molar-refractivity contribution in [2.75, 3.05) is 38.8 Å². The molecule has 4 aromatic rings. The predicted octanol–water partition coefficient (Wildman–Crippen LogP) is 3.45. The highest BCUT2D eigenvalue weighted by molar-refractivity contribution is 5.93. The van der Waals surface area contributed by atoms with E-state index < -0.39 is 29.1 Å². The molecular formula is C27H27F3N4O5. The molecule has 39 heavy (non-hydrogen) atoms. The van der Waals surface area contributed by atoms with E-state index in [0.717, 1.165) is 10.7 Å². The summed E-state index contributed by atoms with van der Waals surface area (Å²) in [6.07, 6.45) is -3.30. The summed E-state index contributed by atoms with van der Waals surface area (Å²) < 4.78 is 55.7. The lowest BCUT2D eigenvalue weighted by Crippen LogP contribution is -2.27. The van der Waals surface area contributed by atoms with Crippen molar-refractivity contribution in [3.05, 3.63) is 64.6 Å². The van der Waals surface area contributed by atoms with Crippen molar-refractivity contribution in [3.8, 4) is 28.4 Å². The highest BCUT2D eigenvalue weighted by Gasteiger charge is 2.36. The predicted molar refractivity (Wildman–Crippen MR) is 139 cm³/mol. The molecule has 1 aliphatic rings. The van der Waals surface area contributed by atoms with Gasteiger partial charge in [0.1, 0.15) is 22.7 Å². The first kappa shape index (κ1) is 26.6.